The number of hydrogen-bond acceptors (Lipinski definition) is 5. The Hall–Kier alpha value is -1.60. The molecule has 1 aliphatic heterocycles. The van der Waals surface area contributed by atoms with E-state index >= 15 is 0 Å². The van der Waals surface area contributed by atoms with Gasteiger partial charge in [-0.25, -0.2) is 8.42 Å². The van der Waals surface area contributed by atoms with Crippen LogP contribution in [0.3, 0.4) is 0 Å². The first-order chi connectivity index (χ1) is 10.4. The summed E-state index contributed by atoms with van der Waals surface area (Å²) in [5.74, 6) is -0.858. The summed E-state index contributed by atoms with van der Waals surface area (Å²) in [4.78, 5) is 11.9. The number of benzene rings is 1. The van der Waals surface area contributed by atoms with Crippen LogP contribution in [0.5, 0.6) is 0 Å². The van der Waals surface area contributed by atoms with Gasteiger partial charge in [0.05, 0.1) is 30.6 Å². The number of rotatable bonds is 5. The molecule has 2 atom stereocenters. The second-order valence-corrected chi connectivity index (χ2v) is 7.26. The highest BCUT2D eigenvalue weighted by atomic mass is 32.2. The fourth-order valence-corrected chi connectivity index (χ4v) is 4.42. The van der Waals surface area contributed by atoms with Crippen molar-refractivity contribution in [2.75, 3.05) is 30.8 Å². The van der Waals surface area contributed by atoms with Crippen molar-refractivity contribution < 1.29 is 22.7 Å². The van der Waals surface area contributed by atoms with Crippen LogP contribution in [0.15, 0.2) is 24.3 Å². The van der Waals surface area contributed by atoms with Crippen molar-refractivity contribution in [3.63, 3.8) is 0 Å². The lowest BCUT2D eigenvalue weighted by molar-refractivity contribution is -0.142. The van der Waals surface area contributed by atoms with Gasteiger partial charge >= 0.3 is 5.97 Å². The Labute approximate surface area is 131 Å². The van der Waals surface area contributed by atoms with Crippen LogP contribution < -0.4 is 4.31 Å². The van der Waals surface area contributed by atoms with E-state index in [2.05, 4.69) is 0 Å². The molecule has 1 aromatic carbocycles. The van der Waals surface area contributed by atoms with Gasteiger partial charge in [0.25, 0.3) is 0 Å². The molecule has 1 aromatic rings. The molecule has 0 unspecified atom stereocenters. The Bertz CT molecular complexity index is 643. The Morgan fingerprint density at radius 3 is 2.68 bits per heavy atom. The standard InChI is InChI=1S/C15H21NO5S/c1-11(20-2)10-22(18,19)16-9-8-13(15(17)21-3)12-6-4-5-7-14(12)16/h4-7,11,13H,8-10H2,1-3H3/t11-,13+/m1/s1. The van der Waals surface area contributed by atoms with E-state index < -0.39 is 22.0 Å². The summed E-state index contributed by atoms with van der Waals surface area (Å²) in [6.45, 7) is 1.97. The number of anilines is 1. The summed E-state index contributed by atoms with van der Waals surface area (Å²) < 4.78 is 36.4. The number of carbonyl (C=O) groups excluding carboxylic acids is 1. The number of carbonyl (C=O) groups is 1. The van der Waals surface area contributed by atoms with E-state index in [0.29, 0.717) is 17.7 Å². The number of para-hydroxylation sites is 1. The number of nitrogens with zero attached hydrogens (tertiary/aromatic N) is 1. The van der Waals surface area contributed by atoms with Gasteiger partial charge in [-0.3, -0.25) is 9.10 Å². The lowest BCUT2D eigenvalue weighted by Crippen LogP contribution is -2.41. The highest BCUT2D eigenvalue weighted by molar-refractivity contribution is 7.92. The number of methoxy groups -OCH3 is 2. The average Bonchev–Trinajstić information content (AvgIpc) is 2.52. The molecule has 1 heterocycles. The molecule has 6 nitrogen and oxygen atoms in total. The molecule has 0 bridgehead atoms. The van der Waals surface area contributed by atoms with E-state index in [1.807, 2.05) is 0 Å². The van der Waals surface area contributed by atoms with Crippen molar-refractivity contribution in [3.05, 3.63) is 29.8 Å². The van der Waals surface area contributed by atoms with Crippen LogP contribution in [0.4, 0.5) is 5.69 Å². The summed E-state index contributed by atoms with van der Waals surface area (Å²) in [5.41, 5.74) is 1.24. The van der Waals surface area contributed by atoms with Gasteiger partial charge in [0, 0.05) is 13.7 Å². The second-order valence-electron chi connectivity index (χ2n) is 5.32. The van der Waals surface area contributed by atoms with Crippen molar-refractivity contribution in [2.24, 2.45) is 0 Å². The topological polar surface area (TPSA) is 72.9 Å². The van der Waals surface area contributed by atoms with E-state index in [0.717, 1.165) is 0 Å². The molecule has 0 saturated heterocycles. The van der Waals surface area contributed by atoms with Crippen LogP contribution in [-0.2, 0) is 24.3 Å². The lowest BCUT2D eigenvalue weighted by atomic mass is 9.91. The quantitative estimate of drug-likeness (QED) is 0.767. The summed E-state index contributed by atoms with van der Waals surface area (Å²) in [7, 11) is -0.682. The first-order valence-corrected chi connectivity index (χ1v) is 8.71. The lowest BCUT2D eigenvalue weighted by Gasteiger charge is -2.34. The molecule has 1 aliphatic rings. The van der Waals surface area contributed by atoms with E-state index in [1.165, 1.54) is 18.5 Å². The van der Waals surface area contributed by atoms with Gasteiger partial charge in [-0.1, -0.05) is 18.2 Å². The Morgan fingerprint density at radius 2 is 2.05 bits per heavy atom. The van der Waals surface area contributed by atoms with Crippen LogP contribution in [0.2, 0.25) is 0 Å². The summed E-state index contributed by atoms with van der Waals surface area (Å²) >= 11 is 0. The molecule has 122 valence electrons. The third-order valence-corrected chi connectivity index (χ3v) is 5.81. The molecule has 7 heteroatoms. The minimum atomic E-state index is -3.51. The predicted molar refractivity (Wildman–Crippen MR) is 83.4 cm³/mol. The van der Waals surface area contributed by atoms with E-state index in [9.17, 15) is 13.2 Å². The highest BCUT2D eigenvalue weighted by Crippen LogP contribution is 2.37. The monoisotopic (exact) mass is 327 g/mol. The molecule has 22 heavy (non-hydrogen) atoms. The van der Waals surface area contributed by atoms with Gasteiger partial charge in [-0.05, 0) is 25.0 Å². The summed E-state index contributed by atoms with van der Waals surface area (Å²) in [6, 6.07) is 7.06. The van der Waals surface area contributed by atoms with Crippen molar-refractivity contribution in [1.29, 1.82) is 0 Å². The zero-order valence-corrected chi connectivity index (χ0v) is 13.8. The molecule has 0 fully saturated rings. The van der Waals surface area contributed by atoms with Gasteiger partial charge in [0.15, 0.2) is 0 Å². The Balaban J connectivity index is 2.38. The third kappa shape index (κ3) is 3.25. The zero-order chi connectivity index (χ0) is 16.3. The van der Waals surface area contributed by atoms with E-state index in [4.69, 9.17) is 9.47 Å². The summed E-state index contributed by atoms with van der Waals surface area (Å²) in [5, 5.41) is 0. The smallest absolute Gasteiger partial charge is 0.313 e. The van der Waals surface area contributed by atoms with E-state index in [-0.39, 0.29) is 18.3 Å². The van der Waals surface area contributed by atoms with Gasteiger partial charge in [-0.2, -0.15) is 0 Å². The maximum Gasteiger partial charge on any atom is 0.313 e. The van der Waals surface area contributed by atoms with E-state index in [1.54, 1.807) is 31.2 Å². The fourth-order valence-electron chi connectivity index (χ4n) is 2.66. The average molecular weight is 327 g/mol. The normalized spacial score (nSPS) is 19.4. The van der Waals surface area contributed by atoms with Crippen LogP contribution in [0.1, 0.15) is 24.8 Å². The van der Waals surface area contributed by atoms with Crippen LogP contribution in [0, 0.1) is 0 Å². The number of fused-ring (bicyclic) bond motifs is 1. The minimum absolute atomic E-state index is 0.0965. The predicted octanol–water partition coefficient (Wildman–Crippen LogP) is 1.52. The molecule has 0 N–H and O–H groups in total. The van der Waals surface area contributed by atoms with Gasteiger partial charge in [-0.15, -0.1) is 0 Å². The molecular weight excluding hydrogens is 306 g/mol. The van der Waals surface area contributed by atoms with Crippen LogP contribution in [-0.4, -0.2) is 47.0 Å². The highest BCUT2D eigenvalue weighted by Gasteiger charge is 2.35. The third-order valence-electron chi connectivity index (χ3n) is 3.87. The van der Waals surface area contributed by atoms with Crippen molar-refractivity contribution in [2.45, 2.75) is 25.4 Å². The minimum Gasteiger partial charge on any atom is -0.469 e. The SMILES string of the molecule is COC(=O)[C@H]1CCN(S(=O)(=O)C[C@@H](C)OC)c2ccccc21. The number of ether oxygens (including phenoxy) is 2. The molecule has 2 rings (SSSR count). The second kappa shape index (κ2) is 6.66. The molecule has 0 radical (unpaired) electrons. The number of esters is 1. The number of hydrogen-bond donors (Lipinski definition) is 0. The fraction of sp³-hybridized carbons (Fsp3) is 0.533. The Kier molecular flexibility index (Phi) is 5.08. The number of sulfonamides is 1. The molecule has 0 saturated carbocycles. The largest absolute Gasteiger partial charge is 0.469 e. The molecule has 0 spiro atoms. The first-order valence-electron chi connectivity index (χ1n) is 7.10. The van der Waals surface area contributed by atoms with Crippen LogP contribution >= 0.6 is 0 Å². The zero-order valence-electron chi connectivity index (χ0n) is 13.0. The molecular formula is C15H21NO5S. The molecule has 0 aliphatic carbocycles. The van der Waals surface area contributed by atoms with Crippen molar-refractivity contribution in [1.82, 2.24) is 0 Å². The van der Waals surface area contributed by atoms with Crippen LogP contribution in [0.25, 0.3) is 0 Å². The molecule has 0 amide bonds. The van der Waals surface area contributed by atoms with Gasteiger partial charge < -0.3 is 9.47 Å². The maximum absolute atomic E-state index is 12.6. The van der Waals surface area contributed by atoms with Crippen molar-refractivity contribution in [3.8, 4) is 0 Å². The molecule has 0 aromatic heterocycles. The van der Waals surface area contributed by atoms with Gasteiger partial charge in [0.2, 0.25) is 10.0 Å². The maximum atomic E-state index is 12.6. The van der Waals surface area contributed by atoms with Gasteiger partial charge in [0.1, 0.15) is 0 Å². The summed E-state index contributed by atoms with van der Waals surface area (Å²) in [6.07, 6.45) is 0.0140. The Morgan fingerprint density at radius 1 is 1.36 bits per heavy atom. The first kappa shape index (κ1) is 16.8. The van der Waals surface area contributed by atoms with Crippen molar-refractivity contribution >= 4 is 21.7 Å².